The van der Waals surface area contributed by atoms with E-state index in [-0.39, 0.29) is 11.9 Å². The Hall–Kier alpha value is -2.08. The molecule has 1 saturated carbocycles. The fourth-order valence-electron chi connectivity index (χ4n) is 2.38. The number of amides is 3. The van der Waals surface area contributed by atoms with Crippen LogP contribution in [0.5, 0.6) is 0 Å². The average Bonchev–Trinajstić information content (AvgIpc) is 2.41. The second kappa shape index (κ2) is 6.38. The molecule has 6 heteroatoms. The first-order chi connectivity index (χ1) is 9.56. The number of aliphatic hydroxyl groups is 1. The molecule has 20 heavy (non-hydrogen) atoms. The molecule has 1 aromatic rings. The molecule has 0 aliphatic heterocycles. The molecule has 1 aliphatic rings. The zero-order chi connectivity index (χ0) is 14.5. The van der Waals surface area contributed by atoms with Crippen LogP contribution in [-0.2, 0) is 0 Å². The molecule has 0 spiro atoms. The van der Waals surface area contributed by atoms with Crippen molar-refractivity contribution in [2.45, 2.75) is 37.8 Å². The van der Waals surface area contributed by atoms with Gasteiger partial charge >= 0.3 is 6.03 Å². The quantitative estimate of drug-likeness (QED) is 0.667. The second-order valence-electron chi connectivity index (χ2n) is 5.00. The van der Waals surface area contributed by atoms with Crippen LogP contribution in [0.25, 0.3) is 0 Å². The highest BCUT2D eigenvalue weighted by molar-refractivity contribution is 5.95. The van der Waals surface area contributed by atoms with Gasteiger partial charge in [-0.15, -0.1) is 0 Å². The van der Waals surface area contributed by atoms with Crippen molar-refractivity contribution in [2.24, 2.45) is 5.73 Å². The summed E-state index contributed by atoms with van der Waals surface area (Å²) in [5, 5.41) is 15.1. The lowest BCUT2D eigenvalue weighted by Gasteiger charge is -2.28. The van der Waals surface area contributed by atoms with E-state index in [1.165, 1.54) is 0 Å². The normalized spacial score (nSPS) is 22.1. The Bertz CT molecular complexity index is 487. The van der Waals surface area contributed by atoms with Gasteiger partial charge in [-0.3, -0.25) is 4.79 Å². The SMILES string of the molecule is NC(=O)Nc1ccc(C(=O)N[C@H]2CCCC[C@@H]2O)cc1. The summed E-state index contributed by atoms with van der Waals surface area (Å²) >= 11 is 0. The number of aliphatic hydroxyl groups excluding tert-OH is 1. The van der Waals surface area contributed by atoms with Crippen molar-refractivity contribution in [1.29, 1.82) is 0 Å². The molecule has 0 saturated heterocycles. The number of carbonyl (C=O) groups is 2. The van der Waals surface area contributed by atoms with Crippen molar-refractivity contribution in [3.8, 4) is 0 Å². The number of urea groups is 1. The Labute approximate surface area is 117 Å². The van der Waals surface area contributed by atoms with Crippen LogP contribution in [0.15, 0.2) is 24.3 Å². The summed E-state index contributed by atoms with van der Waals surface area (Å²) in [6, 6.07) is 5.60. The van der Waals surface area contributed by atoms with Crippen LogP contribution in [0.2, 0.25) is 0 Å². The van der Waals surface area contributed by atoms with Crippen molar-refractivity contribution in [3.63, 3.8) is 0 Å². The lowest BCUT2D eigenvalue weighted by Crippen LogP contribution is -2.45. The largest absolute Gasteiger partial charge is 0.391 e. The first-order valence-electron chi connectivity index (χ1n) is 6.71. The summed E-state index contributed by atoms with van der Waals surface area (Å²) < 4.78 is 0. The maximum absolute atomic E-state index is 12.1. The molecular weight excluding hydrogens is 258 g/mol. The average molecular weight is 277 g/mol. The van der Waals surface area contributed by atoms with E-state index in [1.807, 2.05) is 0 Å². The highest BCUT2D eigenvalue weighted by atomic mass is 16.3. The topological polar surface area (TPSA) is 104 Å². The highest BCUT2D eigenvalue weighted by Gasteiger charge is 2.24. The van der Waals surface area contributed by atoms with E-state index in [0.29, 0.717) is 11.3 Å². The molecule has 1 aliphatic carbocycles. The zero-order valence-corrected chi connectivity index (χ0v) is 11.1. The molecule has 2 rings (SSSR count). The molecule has 108 valence electrons. The summed E-state index contributed by atoms with van der Waals surface area (Å²) in [6.45, 7) is 0. The third kappa shape index (κ3) is 3.71. The van der Waals surface area contributed by atoms with Crippen LogP contribution >= 0.6 is 0 Å². The molecule has 0 radical (unpaired) electrons. The number of rotatable bonds is 3. The molecule has 1 aromatic carbocycles. The first-order valence-corrected chi connectivity index (χ1v) is 6.71. The number of nitrogens with one attached hydrogen (secondary N) is 2. The Morgan fingerprint density at radius 2 is 1.80 bits per heavy atom. The molecule has 6 nitrogen and oxygen atoms in total. The van der Waals surface area contributed by atoms with Gasteiger partial charge in [-0.1, -0.05) is 12.8 Å². The van der Waals surface area contributed by atoms with Gasteiger partial charge in [0.1, 0.15) is 0 Å². The molecule has 0 unspecified atom stereocenters. The fourth-order valence-corrected chi connectivity index (χ4v) is 2.38. The molecule has 0 aromatic heterocycles. The Kier molecular flexibility index (Phi) is 4.57. The maximum Gasteiger partial charge on any atom is 0.316 e. The monoisotopic (exact) mass is 277 g/mol. The molecule has 0 bridgehead atoms. The Balaban J connectivity index is 1.96. The van der Waals surface area contributed by atoms with E-state index in [4.69, 9.17) is 5.73 Å². The number of hydrogen-bond donors (Lipinski definition) is 4. The van der Waals surface area contributed by atoms with Gasteiger partial charge in [-0.05, 0) is 37.1 Å². The van der Waals surface area contributed by atoms with E-state index in [0.717, 1.165) is 25.7 Å². The molecule has 0 heterocycles. The third-order valence-corrected chi connectivity index (χ3v) is 3.46. The number of primary amides is 1. The van der Waals surface area contributed by atoms with Crippen LogP contribution in [0.1, 0.15) is 36.0 Å². The number of anilines is 1. The predicted octanol–water partition coefficient (Wildman–Crippen LogP) is 1.21. The van der Waals surface area contributed by atoms with Crippen molar-refractivity contribution in [1.82, 2.24) is 5.32 Å². The lowest BCUT2D eigenvalue weighted by molar-refractivity contribution is 0.0717. The maximum atomic E-state index is 12.1. The van der Waals surface area contributed by atoms with E-state index >= 15 is 0 Å². The Morgan fingerprint density at radius 3 is 2.40 bits per heavy atom. The van der Waals surface area contributed by atoms with Crippen LogP contribution in [-0.4, -0.2) is 29.2 Å². The number of hydrogen-bond acceptors (Lipinski definition) is 3. The molecule has 3 amide bonds. The predicted molar refractivity (Wildman–Crippen MR) is 75.4 cm³/mol. The summed E-state index contributed by atoms with van der Waals surface area (Å²) in [5.74, 6) is -0.221. The molecular formula is C14H19N3O3. The molecule has 5 N–H and O–H groups in total. The number of benzene rings is 1. The minimum Gasteiger partial charge on any atom is -0.391 e. The van der Waals surface area contributed by atoms with Crippen LogP contribution < -0.4 is 16.4 Å². The van der Waals surface area contributed by atoms with Crippen molar-refractivity contribution >= 4 is 17.6 Å². The first kappa shape index (κ1) is 14.3. The lowest BCUT2D eigenvalue weighted by atomic mass is 9.92. The van der Waals surface area contributed by atoms with Crippen LogP contribution in [0.4, 0.5) is 10.5 Å². The van der Waals surface area contributed by atoms with Gasteiger partial charge in [0.15, 0.2) is 0 Å². The smallest absolute Gasteiger partial charge is 0.316 e. The number of nitrogens with two attached hydrogens (primary N) is 1. The molecule has 1 fully saturated rings. The van der Waals surface area contributed by atoms with Gasteiger partial charge in [0.25, 0.3) is 5.91 Å². The van der Waals surface area contributed by atoms with E-state index in [9.17, 15) is 14.7 Å². The van der Waals surface area contributed by atoms with Gasteiger partial charge < -0.3 is 21.5 Å². The minimum absolute atomic E-state index is 0.181. The van der Waals surface area contributed by atoms with E-state index < -0.39 is 12.1 Å². The minimum atomic E-state index is -0.646. The van der Waals surface area contributed by atoms with Crippen molar-refractivity contribution in [2.75, 3.05) is 5.32 Å². The van der Waals surface area contributed by atoms with Crippen LogP contribution in [0, 0.1) is 0 Å². The summed E-state index contributed by atoms with van der Waals surface area (Å²) in [4.78, 5) is 22.7. The summed E-state index contributed by atoms with van der Waals surface area (Å²) in [6.07, 6.45) is 3.08. The highest BCUT2D eigenvalue weighted by Crippen LogP contribution is 2.19. The van der Waals surface area contributed by atoms with Crippen molar-refractivity contribution in [3.05, 3.63) is 29.8 Å². The number of carbonyl (C=O) groups excluding carboxylic acids is 2. The van der Waals surface area contributed by atoms with Gasteiger partial charge in [0.2, 0.25) is 0 Å². The fraction of sp³-hybridized carbons (Fsp3) is 0.429. The summed E-state index contributed by atoms with van der Waals surface area (Å²) in [7, 11) is 0. The Morgan fingerprint density at radius 1 is 1.15 bits per heavy atom. The second-order valence-corrected chi connectivity index (χ2v) is 5.00. The standard InChI is InChI=1S/C14H19N3O3/c15-14(20)16-10-7-5-9(6-8-10)13(19)17-11-3-1-2-4-12(11)18/h5-8,11-12,18H,1-4H2,(H,17,19)(H3,15,16,20)/t11-,12-/m0/s1. The van der Waals surface area contributed by atoms with Gasteiger partial charge in [0.05, 0.1) is 12.1 Å². The molecule has 2 atom stereocenters. The summed E-state index contributed by atoms with van der Waals surface area (Å²) in [5.41, 5.74) is 6.02. The van der Waals surface area contributed by atoms with Crippen LogP contribution in [0.3, 0.4) is 0 Å². The third-order valence-electron chi connectivity index (χ3n) is 3.46. The van der Waals surface area contributed by atoms with Crippen molar-refractivity contribution < 1.29 is 14.7 Å². The van der Waals surface area contributed by atoms with Gasteiger partial charge in [-0.25, -0.2) is 4.79 Å². The zero-order valence-electron chi connectivity index (χ0n) is 11.1. The van der Waals surface area contributed by atoms with Gasteiger partial charge in [-0.2, -0.15) is 0 Å². The van der Waals surface area contributed by atoms with Gasteiger partial charge in [0, 0.05) is 11.3 Å². The van der Waals surface area contributed by atoms with E-state index in [2.05, 4.69) is 10.6 Å². The van der Waals surface area contributed by atoms with E-state index in [1.54, 1.807) is 24.3 Å².